The highest BCUT2D eigenvalue weighted by atomic mass is 32.1. The van der Waals surface area contributed by atoms with Gasteiger partial charge in [-0.3, -0.25) is 4.98 Å². The molecule has 144 valence electrons. The van der Waals surface area contributed by atoms with E-state index in [-0.39, 0.29) is 12.1 Å². The zero-order valence-corrected chi connectivity index (χ0v) is 17.0. The van der Waals surface area contributed by atoms with Gasteiger partial charge in [0.2, 0.25) is 0 Å². The van der Waals surface area contributed by atoms with Crippen LogP contribution >= 0.6 is 12.2 Å². The summed E-state index contributed by atoms with van der Waals surface area (Å²) in [7, 11) is 0. The Morgan fingerprint density at radius 1 is 0.966 bits per heavy atom. The Hall–Kier alpha value is -3.18. The maximum atomic E-state index is 5.67. The second-order valence-corrected chi connectivity index (χ2v) is 7.63. The van der Waals surface area contributed by atoms with E-state index in [0.29, 0.717) is 0 Å². The zero-order chi connectivity index (χ0) is 19.8. The summed E-state index contributed by atoms with van der Waals surface area (Å²) in [5, 5.41) is 6.76. The average Bonchev–Trinajstić information content (AvgIpc) is 3.37. The standard InChI is InChI=1S/C24H22N4S/c1-2-27-23(22(26-24(27)29)20-10-5-6-14-25-20)21-11-7-15-28(21)19-13-12-17-8-3-4-9-18(17)16-19/h3-16,22-23H,2H2,1H3,(H,26,29)/t22-,23-/m1/s1. The van der Waals surface area contributed by atoms with E-state index in [9.17, 15) is 0 Å². The Morgan fingerprint density at radius 2 is 1.79 bits per heavy atom. The number of pyridine rings is 1. The smallest absolute Gasteiger partial charge is 0.170 e. The van der Waals surface area contributed by atoms with Crippen molar-refractivity contribution < 1.29 is 0 Å². The molecule has 2 atom stereocenters. The lowest BCUT2D eigenvalue weighted by Crippen LogP contribution is -2.30. The summed E-state index contributed by atoms with van der Waals surface area (Å²) in [6.07, 6.45) is 3.97. The predicted octanol–water partition coefficient (Wildman–Crippen LogP) is 5.02. The number of nitrogens with one attached hydrogen (secondary N) is 1. The summed E-state index contributed by atoms with van der Waals surface area (Å²) in [5.41, 5.74) is 3.35. The Balaban J connectivity index is 1.62. The summed E-state index contributed by atoms with van der Waals surface area (Å²) < 4.78 is 2.27. The Labute approximate surface area is 175 Å². The molecule has 0 saturated carbocycles. The summed E-state index contributed by atoms with van der Waals surface area (Å²) in [6.45, 7) is 2.98. The first-order chi connectivity index (χ1) is 14.3. The Morgan fingerprint density at radius 3 is 2.59 bits per heavy atom. The number of fused-ring (bicyclic) bond motifs is 1. The summed E-state index contributed by atoms with van der Waals surface area (Å²) in [6, 6.07) is 25.5. The summed E-state index contributed by atoms with van der Waals surface area (Å²) >= 11 is 5.67. The lowest BCUT2D eigenvalue weighted by molar-refractivity contribution is 0.321. The third kappa shape index (κ3) is 3.08. The van der Waals surface area contributed by atoms with E-state index in [1.54, 1.807) is 0 Å². The maximum absolute atomic E-state index is 5.67. The van der Waals surface area contributed by atoms with E-state index in [1.165, 1.54) is 16.5 Å². The van der Waals surface area contributed by atoms with Gasteiger partial charge >= 0.3 is 0 Å². The molecule has 29 heavy (non-hydrogen) atoms. The molecule has 0 unspecified atom stereocenters. The fourth-order valence-electron chi connectivity index (χ4n) is 4.26. The maximum Gasteiger partial charge on any atom is 0.170 e. The van der Waals surface area contributed by atoms with Crippen LogP contribution in [0.25, 0.3) is 16.5 Å². The molecule has 0 aliphatic carbocycles. The first kappa shape index (κ1) is 17.9. The quantitative estimate of drug-likeness (QED) is 0.490. The van der Waals surface area contributed by atoms with Crippen LogP contribution in [0.4, 0.5) is 0 Å². The largest absolute Gasteiger partial charge is 0.352 e. The molecule has 5 rings (SSSR count). The molecule has 0 amide bonds. The van der Waals surface area contributed by atoms with Crippen molar-refractivity contribution in [2.24, 2.45) is 0 Å². The van der Waals surface area contributed by atoms with Crippen molar-refractivity contribution in [2.75, 3.05) is 6.54 Å². The molecule has 5 heteroatoms. The van der Waals surface area contributed by atoms with Crippen LogP contribution < -0.4 is 5.32 Å². The van der Waals surface area contributed by atoms with Gasteiger partial charge in [-0.25, -0.2) is 0 Å². The number of rotatable bonds is 4. The Bertz CT molecular complexity index is 1170. The van der Waals surface area contributed by atoms with Gasteiger partial charge in [-0.2, -0.15) is 0 Å². The highest BCUT2D eigenvalue weighted by Crippen LogP contribution is 2.39. The molecule has 1 fully saturated rings. The second kappa shape index (κ2) is 7.33. The number of hydrogen-bond acceptors (Lipinski definition) is 2. The lowest BCUT2D eigenvalue weighted by Gasteiger charge is -2.28. The molecule has 2 aromatic heterocycles. The van der Waals surface area contributed by atoms with Crippen molar-refractivity contribution in [3.63, 3.8) is 0 Å². The molecule has 4 aromatic rings. The van der Waals surface area contributed by atoms with Gasteiger partial charge in [-0.05, 0) is 66.3 Å². The fraction of sp³-hybridized carbons (Fsp3) is 0.167. The third-order valence-electron chi connectivity index (χ3n) is 5.63. The predicted molar refractivity (Wildman–Crippen MR) is 121 cm³/mol. The van der Waals surface area contributed by atoms with E-state index < -0.39 is 0 Å². The highest BCUT2D eigenvalue weighted by Gasteiger charge is 2.40. The number of thiocarbonyl (C=S) groups is 1. The summed E-state index contributed by atoms with van der Waals surface area (Å²) in [4.78, 5) is 6.86. The van der Waals surface area contributed by atoms with Crippen molar-refractivity contribution >= 4 is 28.1 Å². The number of likely N-dealkylation sites (N-methyl/N-ethyl adjacent to an activating group) is 1. The van der Waals surface area contributed by atoms with Gasteiger partial charge in [0.1, 0.15) is 0 Å². The molecular weight excluding hydrogens is 376 g/mol. The molecule has 0 bridgehead atoms. The van der Waals surface area contributed by atoms with E-state index in [2.05, 4.69) is 93.6 Å². The van der Waals surface area contributed by atoms with Crippen molar-refractivity contribution in [1.82, 2.24) is 19.8 Å². The van der Waals surface area contributed by atoms with Crippen molar-refractivity contribution in [3.8, 4) is 5.69 Å². The van der Waals surface area contributed by atoms with Crippen molar-refractivity contribution in [3.05, 3.63) is 96.6 Å². The number of benzene rings is 2. The normalized spacial score (nSPS) is 18.9. The van der Waals surface area contributed by atoms with Gasteiger partial charge < -0.3 is 14.8 Å². The van der Waals surface area contributed by atoms with Gasteiger partial charge in [0, 0.05) is 30.3 Å². The van der Waals surface area contributed by atoms with Gasteiger partial charge in [-0.15, -0.1) is 0 Å². The van der Waals surface area contributed by atoms with Crippen LogP contribution in [0.1, 0.15) is 30.4 Å². The van der Waals surface area contributed by atoms with Crippen molar-refractivity contribution in [2.45, 2.75) is 19.0 Å². The molecule has 1 N–H and O–H groups in total. The molecule has 1 saturated heterocycles. The molecule has 1 aliphatic rings. The molecule has 0 spiro atoms. The Kier molecular flexibility index (Phi) is 4.52. The van der Waals surface area contributed by atoms with Gasteiger partial charge in [0.05, 0.1) is 17.8 Å². The number of hydrogen-bond donors (Lipinski definition) is 1. The summed E-state index contributed by atoms with van der Waals surface area (Å²) in [5.74, 6) is 0. The van der Waals surface area contributed by atoms with Crippen LogP contribution in [0.3, 0.4) is 0 Å². The second-order valence-electron chi connectivity index (χ2n) is 7.25. The van der Waals surface area contributed by atoms with Crippen LogP contribution in [-0.2, 0) is 0 Å². The minimum atomic E-state index is 0.0118. The van der Waals surface area contributed by atoms with Crippen LogP contribution in [-0.4, -0.2) is 26.1 Å². The number of nitrogens with zero attached hydrogens (tertiary/aromatic N) is 3. The molecule has 0 radical (unpaired) electrons. The van der Waals surface area contributed by atoms with Crippen LogP contribution in [0.15, 0.2) is 85.2 Å². The zero-order valence-electron chi connectivity index (χ0n) is 16.2. The minimum absolute atomic E-state index is 0.0118. The van der Waals surface area contributed by atoms with E-state index in [4.69, 9.17) is 12.2 Å². The molecule has 3 heterocycles. The van der Waals surface area contributed by atoms with Crippen LogP contribution in [0, 0.1) is 0 Å². The average molecular weight is 399 g/mol. The first-order valence-corrected chi connectivity index (χ1v) is 10.3. The monoisotopic (exact) mass is 398 g/mol. The van der Waals surface area contributed by atoms with Gasteiger partial charge in [0.25, 0.3) is 0 Å². The topological polar surface area (TPSA) is 33.1 Å². The van der Waals surface area contributed by atoms with E-state index in [0.717, 1.165) is 23.0 Å². The van der Waals surface area contributed by atoms with Crippen LogP contribution in [0.2, 0.25) is 0 Å². The lowest BCUT2D eigenvalue weighted by atomic mass is 10.0. The van der Waals surface area contributed by atoms with E-state index >= 15 is 0 Å². The minimum Gasteiger partial charge on any atom is -0.352 e. The molecule has 2 aromatic carbocycles. The van der Waals surface area contributed by atoms with E-state index in [1.807, 2.05) is 18.3 Å². The SMILES string of the molecule is CCN1C(=S)N[C@H](c2ccccn2)[C@H]1c1cccn1-c1ccc2ccccc2c1. The fourth-order valence-corrected chi connectivity index (χ4v) is 4.63. The number of aromatic nitrogens is 2. The van der Waals surface area contributed by atoms with Crippen LogP contribution in [0.5, 0.6) is 0 Å². The highest BCUT2D eigenvalue weighted by molar-refractivity contribution is 7.80. The molecule has 4 nitrogen and oxygen atoms in total. The van der Waals surface area contributed by atoms with Gasteiger partial charge in [-0.1, -0.05) is 36.4 Å². The molecular formula is C24H22N4S. The van der Waals surface area contributed by atoms with Gasteiger partial charge in [0.15, 0.2) is 5.11 Å². The molecule has 1 aliphatic heterocycles. The van der Waals surface area contributed by atoms with Crippen molar-refractivity contribution in [1.29, 1.82) is 0 Å². The first-order valence-electron chi connectivity index (χ1n) is 9.91. The third-order valence-corrected chi connectivity index (χ3v) is 5.99.